The normalized spacial score (nSPS) is 29.1. The first-order valence-corrected chi connectivity index (χ1v) is 6.80. The summed E-state index contributed by atoms with van der Waals surface area (Å²) in [4.78, 5) is 1.42. The van der Waals surface area contributed by atoms with Gasteiger partial charge in [0.2, 0.25) is 0 Å². The van der Waals surface area contributed by atoms with Crippen molar-refractivity contribution in [3.05, 3.63) is 20.8 Å². The van der Waals surface area contributed by atoms with Crippen LogP contribution in [0, 0.1) is 11.3 Å². The van der Waals surface area contributed by atoms with Gasteiger partial charge in [-0.25, -0.2) is 0 Å². The molecule has 1 heterocycles. The van der Waals surface area contributed by atoms with Crippen LogP contribution in [0.2, 0.25) is 0 Å². The molecule has 3 rings (SSSR count). The zero-order chi connectivity index (χ0) is 9.76. The Bertz CT molecular complexity index is 356. The lowest BCUT2D eigenvalue weighted by molar-refractivity contribution is 0.545. The Balaban J connectivity index is 1.62. The van der Waals surface area contributed by atoms with Crippen LogP contribution < -0.4 is 5.73 Å². The van der Waals surface area contributed by atoms with E-state index in [0.717, 1.165) is 17.8 Å². The zero-order valence-electron chi connectivity index (χ0n) is 8.00. The van der Waals surface area contributed by atoms with E-state index in [1.165, 1.54) is 27.9 Å². The molecule has 1 spiro atoms. The lowest BCUT2D eigenvalue weighted by atomic mass is 10.1. The fourth-order valence-electron chi connectivity index (χ4n) is 2.56. The van der Waals surface area contributed by atoms with Gasteiger partial charge in [-0.3, -0.25) is 0 Å². The lowest BCUT2D eigenvalue weighted by Crippen LogP contribution is -2.25. The Morgan fingerprint density at radius 1 is 1.57 bits per heavy atom. The van der Waals surface area contributed by atoms with Gasteiger partial charge in [0.1, 0.15) is 0 Å². The number of nitrogens with two attached hydrogens (primary N) is 1. The molecule has 2 fully saturated rings. The Morgan fingerprint density at radius 2 is 2.36 bits per heavy atom. The largest absolute Gasteiger partial charge is 0.327 e. The van der Waals surface area contributed by atoms with Crippen LogP contribution in [0.5, 0.6) is 0 Å². The fourth-order valence-corrected chi connectivity index (χ4v) is 4.11. The number of halogens is 1. The average Bonchev–Trinajstić information content (AvgIpc) is 3.03. The van der Waals surface area contributed by atoms with E-state index >= 15 is 0 Å². The molecule has 0 radical (unpaired) electrons. The second-order valence-electron chi connectivity index (χ2n) is 4.75. The SMILES string of the molecule is NC(Cc1ccc(Br)s1)C1CC12CC2. The molecule has 1 aromatic heterocycles. The molecule has 2 aliphatic rings. The van der Waals surface area contributed by atoms with Crippen molar-refractivity contribution < 1.29 is 0 Å². The Morgan fingerprint density at radius 3 is 2.86 bits per heavy atom. The quantitative estimate of drug-likeness (QED) is 0.898. The van der Waals surface area contributed by atoms with Crippen molar-refractivity contribution in [1.82, 2.24) is 0 Å². The number of hydrogen-bond donors (Lipinski definition) is 1. The predicted octanol–water partition coefficient (Wildman–Crippen LogP) is 3.18. The molecule has 2 N–H and O–H groups in total. The highest BCUT2D eigenvalue weighted by atomic mass is 79.9. The van der Waals surface area contributed by atoms with E-state index in [-0.39, 0.29) is 0 Å². The van der Waals surface area contributed by atoms with Crippen LogP contribution in [-0.4, -0.2) is 6.04 Å². The van der Waals surface area contributed by atoms with Gasteiger partial charge in [-0.1, -0.05) is 0 Å². The first-order chi connectivity index (χ1) is 6.70. The lowest BCUT2D eigenvalue weighted by Gasteiger charge is -2.08. The molecule has 0 saturated heterocycles. The van der Waals surface area contributed by atoms with Gasteiger partial charge in [-0.15, -0.1) is 11.3 Å². The summed E-state index contributed by atoms with van der Waals surface area (Å²) in [5.41, 5.74) is 6.97. The molecule has 0 aliphatic heterocycles. The summed E-state index contributed by atoms with van der Waals surface area (Å²) < 4.78 is 1.22. The van der Waals surface area contributed by atoms with Crippen molar-refractivity contribution in [2.75, 3.05) is 0 Å². The fraction of sp³-hybridized carbons (Fsp3) is 0.636. The van der Waals surface area contributed by atoms with Crippen LogP contribution >= 0.6 is 27.3 Å². The summed E-state index contributed by atoms with van der Waals surface area (Å²) in [5, 5.41) is 0. The van der Waals surface area contributed by atoms with Crippen LogP contribution in [0.1, 0.15) is 24.1 Å². The predicted molar refractivity (Wildman–Crippen MR) is 63.5 cm³/mol. The number of thiophene rings is 1. The minimum Gasteiger partial charge on any atom is -0.327 e. The van der Waals surface area contributed by atoms with Gasteiger partial charge >= 0.3 is 0 Å². The molecule has 1 aromatic rings. The maximum absolute atomic E-state index is 6.23. The van der Waals surface area contributed by atoms with Crippen molar-refractivity contribution in [2.45, 2.75) is 31.7 Å². The van der Waals surface area contributed by atoms with Crippen LogP contribution in [-0.2, 0) is 6.42 Å². The molecule has 2 unspecified atom stereocenters. The van der Waals surface area contributed by atoms with Crippen molar-refractivity contribution in [3.63, 3.8) is 0 Å². The summed E-state index contributed by atoms with van der Waals surface area (Å²) in [6, 6.07) is 4.71. The number of rotatable bonds is 3. The van der Waals surface area contributed by atoms with Crippen LogP contribution in [0.15, 0.2) is 15.9 Å². The van der Waals surface area contributed by atoms with Gasteiger partial charge < -0.3 is 5.73 Å². The van der Waals surface area contributed by atoms with Gasteiger partial charge in [0, 0.05) is 10.9 Å². The Labute approximate surface area is 96.8 Å². The molecule has 2 aliphatic carbocycles. The molecule has 0 amide bonds. The third-order valence-corrected chi connectivity index (χ3v) is 5.37. The molecular weight excluding hydrogens is 258 g/mol. The molecule has 3 heteroatoms. The standard InChI is InChI=1S/C11H14BrNS/c12-10-2-1-7(14-10)5-9(13)8-6-11(8)3-4-11/h1-2,8-9H,3-6,13H2. The van der Waals surface area contributed by atoms with Crippen LogP contribution in [0.25, 0.3) is 0 Å². The molecule has 0 aromatic carbocycles. The van der Waals surface area contributed by atoms with E-state index in [0.29, 0.717) is 6.04 Å². The number of hydrogen-bond acceptors (Lipinski definition) is 2. The third-order valence-electron chi connectivity index (χ3n) is 3.73. The van der Waals surface area contributed by atoms with E-state index in [1.54, 1.807) is 0 Å². The van der Waals surface area contributed by atoms with Gasteiger partial charge in [-0.05, 0) is 65.1 Å². The van der Waals surface area contributed by atoms with E-state index in [1.807, 2.05) is 11.3 Å². The summed E-state index contributed by atoms with van der Waals surface area (Å²) in [6.45, 7) is 0. The van der Waals surface area contributed by atoms with Crippen LogP contribution in [0.3, 0.4) is 0 Å². The maximum atomic E-state index is 6.23. The molecule has 14 heavy (non-hydrogen) atoms. The van der Waals surface area contributed by atoms with Crippen molar-refractivity contribution in [2.24, 2.45) is 17.1 Å². The molecule has 2 atom stereocenters. The van der Waals surface area contributed by atoms with Gasteiger partial charge in [0.15, 0.2) is 0 Å². The summed E-state index contributed by atoms with van der Waals surface area (Å²) in [7, 11) is 0. The minimum atomic E-state index is 0.406. The highest BCUT2D eigenvalue weighted by Gasteiger charge is 2.64. The van der Waals surface area contributed by atoms with Gasteiger partial charge in [0.05, 0.1) is 3.79 Å². The van der Waals surface area contributed by atoms with Crippen LogP contribution in [0.4, 0.5) is 0 Å². The van der Waals surface area contributed by atoms with Gasteiger partial charge in [0.25, 0.3) is 0 Å². The molecule has 76 valence electrons. The molecule has 1 nitrogen and oxygen atoms in total. The Kier molecular flexibility index (Phi) is 2.05. The average molecular weight is 272 g/mol. The topological polar surface area (TPSA) is 26.0 Å². The summed E-state index contributed by atoms with van der Waals surface area (Å²) in [6.07, 6.45) is 5.36. The van der Waals surface area contributed by atoms with Gasteiger partial charge in [-0.2, -0.15) is 0 Å². The van der Waals surface area contributed by atoms with E-state index in [2.05, 4.69) is 28.1 Å². The first-order valence-electron chi connectivity index (χ1n) is 5.19. The molecular formula is C11H14BrNS. The van der Waals surface area contributed by atoms with Crippen molar-refractivity contribution in [1.29, 1.82) is 0 Å². The van der Waals surface area contributed by atoms with E-state index in [4.69, 9.17) is 5.73 Å². The summed E-state index contributed by atoms with van der Waals surface area (Å²) in [5.74, 6) is 0.836. The minimum absolute atomic E-state index is 0.406. The molecule has 2 saturated carbocycles. The highest BCUT2D eigenvalue weighted by molar-refractivity contribution is 9.11. The van der Waals surface area contributed by atoms with E-state index < -0.39 is 0 Å². The highest BCUT2D eigenvalue weighted by Crippen LogP contribution is 2.71. The second kappa shape index (κ2) is 3.06. The third kappa shape index (κ3) is 1.55. The smallest absolute Gasteiger partial charge is 0.0701 e. The van der Waals surface area contributed by atoms with E-state index in [9.17, 15) is 0 Å². The second-order valence-corrected chi connectivity index (χ2v) is 7.29. The first kappa shape index (κ1) is 9.37. The Hall–Kier alpha value is 0.140. The van der Waals surface area contributed by atoms with Crippen molar-refractivity contribution in [3.8, 4) is 0 Å². The molecule has 0 bridgehead atoms. The monoisotopic (exact) mass is 271 g/mol. The van der Waals surface area contributed by atoms with Crippen molar-refractivity contribution >= 4 is 27.3 Å². The summed E-state index contributed by atoms with van der Waals surface area (Å²) >= 11 is 5.31. The maximum Gasteiger partial charge on any atom is 0.0701 e. The zero-order valence-corrected chi connectivity index (χ0v) is 10.4.